The van der Waals surface area contributed by atoms with Gasteiger partial charge >= 0.3 is 5.97 Å². The van der Waals surface area contributed by atoms with Crippen LogP contribution in [0, 0.1) is 0 Å². The van der Waals surface area contributed by atoms with E-state index in [4.69, 9.17) is 9.84 Å². The van der Waals surface area contributed by atoms with E-state index in [0.717, 1.165) is 19.1 Å². The molecule has 0 atom stereocenters. The van der Waals surface area contributed by atoms with Crippen LogP contribution in [0.2, 0.25) is 0 Å². The van der Waals surface area contributed by atoms with Gasteiger partial charge in [-0.1, -0.05) is 12.8 Å². The molecule has 1 amide bonds. The second-order valence-electron chi connectivity index (χ2n) is 6.80. The van der Waals surface area contributed by atoms with Gasteiger partial charge in [0.15, 0.2) is 9.84 Å². The van der Waals surface area contributed by atoms with Crippen LogP contribution in [0.1, 0.15) is 44.9 Å². The van der Waals surface area contributed by atoms with Crippen LogP contribution in [0.15, 0.2) is 29.2 Å². The van der Waals surface area contributed by atoms with Crippen LogP contribution in [-0.2, 0) is 19.4 Å². The molecule has 2 N–H and O–H groups in total. The zero-order valence-electron chi connectivity index (χ0n) is 14.9. The second-order valence-corrected chi connectivity index (χ2v) is 8.82. The van der Waals surface area contributed by atoms with Crippen molar-refractivity contribution in [2.45, 2.75) is 55.4 Å². The summed E-state index contributed by atoms with van der Waals surface area (Å²) in [7, 11) is -3.23. The topological polar surface area (TPSA) is 110 Å². The predicted molar refractivity (Wildman–Crippen MR) is 95.9 cm³/mol. The highest BCUT2D eigenvalue weighted by atomic mass is 32.2. The third-order valence-electron chi connectivity index (χ3n) is 4.52. The van der Waals surface area contributed by atoms with Crippen LogP contribution < -0.4 is 10.1 Å². The molecule has 0 unspecified atom stereocenters. The van der Waals surface area contributed by atoms with Gasteiger partial charge in [-0.2, -0.15) is 0 Å². The number of hydrogen-bond donors (Lipinski definition) is 2. The van der Waals surface area contributed by atoms with Crippen molar-refractivity contribution in [3.8, 4) is 5.75 Å². The largest absolute Gasteiger partial charge is 0.494 e. The van der Waals surface area contributed by atoms with E-state index in [-0.39, 0.29) is 23.6 Å². The first-order chi connectivity index (χ1) is 12.2. The summed E-state index contributed by atoms with van der Waals surface area (Å²) in [6.45, 7) is 0.317. The molecule has 2 rings (SSSR count). The molecule has 8 heteroatoms. The maximum atomic E-state index is 12.1. The van der Waals surface area contributed by atoms with Crippen LogP contribution in [0.3, 0.4) is 0 Å². The number of carboxylic acid groups (broad SMARTS) is 1. The molecule has 0 bridgehead atoms. The molecule has 0 spiro atoms. The van der Waals surface area contributed by atoms with Crippen molar-refractivity contribution in [1.82, 2.24) is 5.32 Å². The van der Waals surface area contributed by atoms with Crippen molar-refractivity contribution in [3.63, 3.8) is 0 Å². The van der Waals surface area contributed by atoms with Crippen molar-refractivity contribution in [2.75, 3.05) is 12.9 Å². The first-order valence-corrected chi connectivity index (χ1v) is 10.6. The van der Waals surface area contributed by atoms with Gasteiger partial charge in [-0.25, -0.2) is 8.42 Å². The Morgan fingerprint density at radius 3 is 2.35 bits per heavy atom. The number of aliphatic carboxylic acids is 1. The molecule has 0 aliphatic heterocycles. The van der Waals surface area contributed by atoms with E-state index in [1.54, 1.807) is 12.1 Å². The number of rotatable bonds is 9. The number of sulfone groups is 1. The molecule has 0 aromatic heterocycles. The van der Waals surface area contributed by atoms with Crippen LogP contribution in [0.4, 0.5) is 0 Å². The van der Waals surface area contributed by atoms with Gasteiger partial charge < -0.3 is 15.2 Å². The minimum absolute atomic E-state index is 0.0398. The molecule has 0 radical (unpaired) electrons. The quantitative estimate of drug-likeness (QED) is 0.632. The maximum Gasteiger partial charge on any atom is 0.305 e. The van der Waals surface area contributed by atoms with E-state index in [1.807, 2.05) is 0 Å². The maximum absolute atomic E-state index is 12.1. The summed E-state index contributed by atoms with van der Waals surface area (Å²) in [5.74, 6) is -0.520. The zero-order valence-corrected chi connectivity index (χ0v) is 15.7. The average molecular weight is 383 g/mol. The number of amides is 1. The van der Waals surface area contributed by atoms with Gasteiger partial charge in [0.25, 0.3) is 0 Å². The molecule has 1 aliphatic carbocycles. The number of benzene rings is 1. The lowest BCUT2D eigenvalue weighted by Gasteiger charge is -2.28. The Balaban J connectivity index is 1.75. The Bertz CT molecular complexity index is 735. The van der Waals surface area contributed by atoms with Crippen LogP contribution in [0.5, 0.6) is 5.75 Å². The zero-order chi connectivity index (χ0) is 19.2. The number of carbonyl (C=O) groups excluding carboxylic acids is 1. The minimum atomic E-state index is -3.23. The molecular weight excluding hydrogens is 358 g/mol. The van der Waals surface area contributed by atoms with Crippen molar-refractivity contribution in [1.29, 1.82) is 0 Å². The molecule has 1 aliphatic rings. The molecule has 0 saturated heterocycles. The first kappa shape index (κ1) is 20.2. The summed E-state index contributed by atoms with van der Waals surface area (Å²) in [6.07, 6.45) is 5.11. The monoisotopic (exact) mass is 383 g/mol. The first-order valence-electron chi connectivity index (χ1n) is 8.66. The fraction of sp³-hybridized carbons (Fsp3) is 0.556. The summed E-state index contributed by atoms with van der Waals surface area (Å²) < 4.78 is 28.3. The Morgan fingerprint density at radius 2 is 1.81 bits per heavy atom. The van der Waals surface area contributed by atoms with Gasteiger partial charge in [-0.15, -0.1) is 0 Å². The highest BCUT2D eigenvalue weighted by Gasteiger charge is 2.37. The smallest absolute Gasteiger partial charge is 0.305 e. The van der Waals surface area contributed by atoms with E-state index in [1.165, 1.54) is 12.1 Å². The molecule has 1 fully saturated rings. The number of ether oxygens (including phenoxy) is 1. The number of carbonyl (C=O) groups is 2. The summed E-state index contributed by atoms with van der Waals surface area (Å²) in [5.41, 5.74) is -0.606. The lowest BCUT2D eigenvalue weighted by molar-refractivity contribution is -0.139. The lowest BCUT2D eigenvalue weighted by atomic mass is 9.93. The van der Waals surface area contributed by atoms with Gasteiger partial charge in [-0.3, -0.25) is 9.59 Å². The minimum Gasteiger partial charge on any atom is -0.494 e. The van der Waals surface area contributed by atoms with Gasteiger partial charge in [0.05, 0.1) is 23.5 Å². The van der Waals surface area contributed by atoms with Crippen LogP contribution in [-0.4, -0.2) is 43.8 Å². The molecule has 0 heterocycles. The van der Waals surface area contributed by atoms with E-state index in [2.05, 4.69) is 5.32 Å². The fourth-order valence-electron chi connectivity index (χ4n) is 3.25. The van der Waals surface area contributed by atoms with E-state index in [0.29, 0.717) is 31.6 Å². The third-order valence-corrected chi connectivity index (χ3v) is 5.65. The summed E-state index contributed by atoms with van der Waals surface area (Å²) in [4.78, 5) is 23.4. The predicted octanol–water partition coefficient (Wildman–Crippen LogP) is 2.15. The number of nitrogens with one attached hydrogen (secondary N) is 1. The Morgan fingerprint density at radius 1 is 1.19 bits per heavy atom. The Kier molecular flexibility index (Phi) is 6.63. The molecule has 1 aromatic rings. The number of hydrogen-bond acceptors (Lipinski definition) is 5. The number of carboxylic acids is 1. The molecule has 1 saturated carbocycles. The Hall–Kier alpha value is -2.09. The Labute approximate surface area is 153 Å². The van der Waals surface area contributed by atoms with Crippen molar-refractivity contribution in [3.05, 3.63) is 24.3 Å². The SMILES string of the molecule is CS(=O)(=O)c1ccc(OCCCC(=O)NC2(CC(=O)O)CCCC2)cc1. The average Bonchev–Trinajstić information content (AvgIpc) is 2.98. The van der Waals surface area contributed by atoms with Gasteiger partial charge in [0.2, 0.25) is 5.91 Å². The third kappa shape index (κ3) is 6.01. The van der Waals surface area contributed by atoms with Crippen LogP contribution in [0.25, 0.3) is 0 Å². The van der Waals surface area contributed by atoms with Crippen molar-refractivity contribution >= 4 is 21.7 Å². The molecule has 1 aromatic carbocycles. The van der Waals surface area contributed by atoms with E-state index in [9.17, 15) is 18.0 Å². The standard InChI is InChI=1S/C18H25NO6S/c1-26(23,24)15-8-6-14(7-9-15)25-12-4-5-16(20)19-18(13-17(21)22)10-2-3-11-18/h6-9H,2-5,10-13H2,1H3,(H,19,20)(H,21,22). The van der Waals surface area contributed by atoms with Crippen molar-refractivity contribution in [2.24, 2.45) is 0 Å². The van der Waals surface area contributed by atoms with E-state index < -0.39 is 21.3 Å². The summed E-state index contributed by atoms with van der Waals surface area (Å²) in [6, 6.07) is 6.12. The summed E-state index contributed by atoms with van der Waals surface area (Å²) >= 11 is 0. The lowest BCUT2D eigenvalue weighted by Crippen LogP contribution is -2.47. The molecular formula is C18H25NO6S. The second kappa shape index (κ2) is 8.53. The normalized spacial score (nSPS) is 16.2. The highest BCUT2D eigenvalue weighted by molar-refractivity contribution is 7.90. The highest BCUT2D eigenvalue weighted by Crippen LogP contribution is 2.32. The van der Waals surface area contributed by atoms with Crippen molar-refractivity contribution < 1.29 is 27.9 Å². The molecule has 26 heavy (non-hydrogen) atoms. The summed E-state index contributed by atoms with van der Waals surface area (Å²) in [5, 5.41) is 12.0. The molecule has 7 nitrogen and oxygen atoms in total. The van der Waals surface area contributed by atoms with Gasteiger partial charge in [0, 0.05) is 12.7 Å². The fourth-order valence-corrected chi connectivity index (χ4v) is 3.88. The van der Waals surface area contributed by atoms with Crippen LogP contribution >= 0.6 is 0 Å². The van der Waals surface area contributed by atoms with Gasteiger partial charge in [0.1, 0.15) is 5.75 Å². The van der Waals surface area contributed by atoms with Gasteiger partial charge in [-0.05, 0) is 43.5 Å². The molecule has 144 valence electrons. The van der Waals surface area contributed by atoms with E-state index >= 15 is 0 Å².